The van der Waals surface area contributed by atoms with Gasteiger partial charge in [0.2, 0.25) is 0 Å². The lowest BCUT2D eigenvalue weighted by molar-refractivity contribution is 0.734. The minimum atomic E-state index is 0.525. The normalized spacial score (nSPS) is 15.2. The van der Waals surface area contributed by atoms with Crippen molar-refractivity contribution in [1.29, 1.82) is 0 Å². The molecule has 1 fully saturated rings. The number of H-pyrrole nitrogens is 1. The summed E-state index contributed by atoms with van der Waals surface area (Å²) in [6.07, 6.45) is 2.39. The van der Waals surface area contributed by atoms with Crippen LogP contribution in [0.3, 0.4) is 0 Å². The molecule has 1 saturated carbocycles. The highest BCUT2D eigenvalue weighted by Gasteiger charge is 2.28. The smallest absolute Gasteiger partial charge is 0.195 e. The maximum absolute atomic E-state index is 5.28. The van der Waals surface area contributed by atoms with Crippen LogP contribution < -0.4 is 0 Å². The fourth-order valence-electron chi connectivity index (χ4n) is 2.09. The van der Waals surface area contributed by atoms with Gasteiger partial charge in [0.1, 0.15) is 0 Å². The molecule has 1 aliphatic rings. The predicted molar refractivity (Wildman–Crippen MR) is 68.4 cm³/mol. The van der Waals surface area contributed by atoms with Gasteiger partial charge in [-0.25, -0.2) is 0 Å². The first-order valence-corrected chi connectivity index (χ1v) is 6.19. The molecule has 0 atom stereocenters. The second-order valence-electron chi connectivity index (χ2n) is 4.54. The maximum atomic E-state index is 5.28. The lowest BCUT2D eigenvalue weighted by Crippen LogP contribution is -2.00. The Balaban J connectivity index is 2.18. The van der Waals surface area contributed by atoms with Crippen LogP contribution in [0.5, 0.6) is 0 Å². The van der Waals surface area contributed by atoms with Gasteiger partial charge >= 0.3 is 0 Å². The Morgan fingerprint density at radius 2 is 2.12 bits per heavy atom. The second-order valence-corrected chi connectivity index (χ2v) is 4.93. The van der Waals surface area contributed by atoms with E-state index in [1.165, 1.54) is 12.8 Å². The molecule has 4 nitrogen and oxygen atoms in total. The van der Waals surface area contributed by atoms with Crippen molar-refractivity contribution in [2.24, 2.45) is 0 Å². The highest BCUT2D eigenvalue weighted by molar-refractivity contribution is 7.71. The molecule has 0 aliphatic heterocycles. The van der Waals surface area contributed by atoms with Gasteiger partial charge in [-0.2, -0.15) is 5.10 Å². The summed E-state index contributed by atoms with van der Waals surface area (Å²) in [5.74, 6) is 0.919. The van der Waals surface area contributed by atoms with Crippen LogP contribution in [0.4, 0.5) is 0 Å². The summed E-state index contributed by atoms with van der Waals surface area (Å²) in [4.78, 5) is 4.48. The van der Waals surface area contributed by atoms with E-state index < -0.39 is 0 Å². The molecule has 0 bridgehead atoms. The Bertz CT molecular complexity index is 622. The topological polar surface area (TPSA) is 46.5 Å². The van der Waals surface area contributed by atoms with Crippen molar-refractivity contribution in [3.8, 4) is 11.4 Å². The van der Waals surface area contributed by atoms with E-state index in [1.807, 2.05) is 19.9 Å². The van der Waals surface area contributed by atoms with Crippen molar-refractivity contribution in [2.75, 3.05) is 0 Å². The zero-order valence-electron chi connectivity index (χ0n) is 9.90. The summed E-state index contributed by atoms with van der Waals surface area (Å²) in [5.41, 5.74) is 3.09. The van der Waals surface area contributed by atoms with Gasteiger partial charge in [0.05, 0.1) is 0 Å². The van der Waals surface area contributed by atoms with Gasteiger partial charge in [0.25, 0.3) is 0 Å². The number of nitrogens with one attached hydrogen (secondary N) is 1. The summed E-state index contributed by atoms with van der Waals surface area (Å²) in [6.45, 7) is 4.01. The Morgan fingerprint density at radius 3 is 2.76 bits per heavy atom. The number of hydrogen-bond donors (Lipinski definition) is 1. The number of pyridine rings is 1. The lowest BCUT2D eigenvalue weighted by Gasteiger charge is -2.07. The Kier molecular flexibility index (Phi) is 2.36. The zero-order valence-corrected chi connectivity index (χ0v) is 10.7. The highest BCUT2D eigenvalue weighted by Crippen LogP contribution is 2.38. The quantitative estimate of drug-likeness (QED) is 0.829. The first-order valence-electron chi connectivity index (χ1n) is 5.78. The number of aromatic nitrogens is 4. The standard InChI is InChI=1S/C12H14N4S/c1-7-3-6-10(8(2)13-7)11-14-15-12(17)16(11)9-4-5-9/h3,6,9H,4-5H2,1-2H3,(H,15,17). The summed E-state index contributed by atoms with van der Waals surface area (Å²) in [7, 11) is 0. The van der Waals surface area contributed by atoms with Crippen LogP contribution in [0.2, 0.25) is 0 Å². The summed E-state index contributed by atoms with van der Waals surface area (Å²) >= 11 is 5.28. The molecule has 2 heterocycles. The van der Waals surface area contributed by atoms with Gasteiger partial charge in [-0.1, -0.05) is 0 Å². The fourth-order valence-corrected chi connectivity index (χ4v) is 2.37. The molecule has 0 aromatic carbocycles. The van der Waals surface area contributed by atoms with E-state index in [0.29, 0.717) is 10.8 Å². The number of rotatable bonds is 2. The van der Waals surface area contributed by atoms with E-state index >= 15 is 0 Å². The molecule has 0 radical (unpaired) electrons. The fraction of sp³-hybridized carbons (Fsp3) is 0.417. The maximum Gasteiger partial charge on any atom is 0.195 e. The van der Waals surface area contributed by atoms with Crippen LogP contribution in [0.25, 0.3) is 11.4 Å². The van der Waals surface area contributed by atoms with E-state index in [2.05, 4.69) is 25.8 Å². The van der Waals surface area contributed by atoms with Crippen LogP contribution in [0.15, 0.2) is 12.1 Å². The molecule has 2 aromatic rings. The largest absolute Gasteiger partial charge is 0.297 e. The molecular formula is C12H14N4S. The third-order valence-electron chi connectivity index (χ3n) is 3.08. The van der Waals surface area contributed by atoms with E-state index in [1.54, 1.807) is 0 Å². The van der Waals surface area contributed by atoms with Gasteiger partial charge in [-0.05, 0) is 51.0 Å². The van der Waals surface area contributed by atoms with Crippen LogP contribution in [0, 0.1) is 18.6 Å². The van der Waals surface area contributed by atoms with Crippen LogP contribution in [0.1, 0.15) is 30.3 Å². The van der Waals surface area contributed by atoms with Crippen LogP contribution >= 0.6 is 12.2 Å². The van der Waals surface area contributed by atoms with Gasteiger partial charge in [-0.3, -0.25) is 14.6 Å². The van der Waals surface area contributed by atoms with Gasteiger partial charge in [-0.15, -0.1) is 0 Å². The van der Waals surface area contributed by atoms with E-state index in [4.69, 9.17) is 12.2 Å². The number of aromatic amines is 1. The van der Waals surface area contributed by atoms with E-state index in [9.17, 15) is 0 Å². The second kappa shape index (κ2) is 3.77. The van der Waals surface area contributed by atoms with Gasteiger partial charge < -0.3 is 0 Å². The van der Waals surface area contributed by atoms with Crippen molar-refractivity contribution < 1.29 is 0 Å². The molecule has 0 amide bonds. The Morgan fingerprint density at radius 1 is 1.35 bits per heavy atom. The molecule has 1 aliphatic carbocycles. The summed E-state index contributed by atoms with van der Waals surface area (Å²) in [6, 6.07) is 4.61. The summed E-state index contributed by atoms with van der Waals surface area (Å²) in [5, 5.41) is 7.23. The van der Waals surface area contributed by atoms with Crippen molar-refractivity contribution in [1.82, 2.24) is 19.7 Å². The highest BCUT2D eigenvalue weighted by atomic mass is 32.1. The molecule has 3 rings (SSSR count). The molecule has 0 saturated heterocycles. The molecule has 1 N–H and O–H groups in total. The first-order chi connectivity index (χ1) is 8.16. The average Bonchev–Trinajstić information content (AvgIpc) is 3.03. The summed E-state index contributed by atoms with van der Waals surface area (Å²) < 4.78 is 2.83. The third-order valence-corrected chi connectivity index (χ3v) is 3.37. The molecule has 0 spiro atoms. The molecule has 5 heteroatoms. The predicted octanol–water partition coefficient (Wildman–Crippen LogP) is 2.95. The molecule has 2 aromatic heterocycles. The van der Waals surface area contributed by atoms with Crippen molar-refractivity contribution in [3.05, 3.63) is 28.3 Å². The van der Waals surface area contributed by atoms with Crippen LogP contribution in [-0.2, 0) is 0 Å². The minimum absolute atomic E-state index is 0.525. The lowest BCUT2D eigenvalue weighted by atomic mass is 10.1. The number of aryl methyl sites for hydroxylation is 2. The average molecular weight is 246 g/mol. The Hall–Kier alpha value is -1.49. The first kappa shape index (κ1) is 10.7. The van der Waals surface area contributed by atoms with Crippen molar-refractivity contribution >= 4 is 12.2 Å². The minimum Gasteiger partial charge on any atom is -0.297 e. The van der Waals surface area contributed by atoms with Gasteiger partial charge in [0.15, 0.2) is 10.6 Å². The number of hydrogen-bond acceptors (Lipinski definition) is 3. The molecule has 88 valence electrons. The van der Waals surface area contributed by atoms with Gasteiger partial charge in [0, 0.05) is 23.0 Å². The SMILES string of the molecule is Cc1ccc(-c2n[nH]c(=S)n2C2CC2)c(C)n1. The van der Waals surface area contributed by atoms with E-state index in [-0.39, 0.29) is 0 Å². The zero-order chi connectivity index (χ0) is 12.0. The van der Waals surface area contributed by atoms with Crippen molar-refractivity contribution in [3.63, 3.8) is 0 Å². The van der Waals surface area contributed by atoms with Crippen LogP contribution in [-0.4, -0.2) is 19.7 Å². The monoisotopic (exact) mass is 246 g/mol. The Labute approximate surface area is 105 Å². The number of nitrogens with zero attached hydrogens (tertiary/aromatic N) is 3. The molecule has 17 heavy (non-hydrogen) atoms. The van der Waals surface area contributed by atoms with E-state index in [0.717, 1.165) is 22.8 Å². The molecular weight excluding hydrogens is 232 g/mol. The van der Waals surface area contributed by atoms with Crippen molar-refractivity contribution in [2.45, 2.75) is 32.7 Å². The molecule has 0 unspecified atom stereocenters. The third kappa shape index (κ3) is 1.80.